The average Bonchev–Trinajstić information content (AvgIpc) is 4.13. The third-order valence-corrected chi connectivity index (χ3v) is 14.1. The summed E-state index contributed by atoms with van der Waals surface area (Å²) < 4.78 is 16.1. The Morgan fingerprint density at radius 3 is 1.71 bits per heavy atom. The van der Waals surface area contributed by atoms with Gasteiger partial charge in [-0.3, -0.25) is 9.59 Å². The zero-order valence-electron chi connectivity index (χ0n) is 36.5. The lowest BCUT2D eigenvalue weighted by Crippen LogP contribution is -2.56. The molecule has 2 aliphatic heterocycles. The van der Waals surface area contributed by atoms with Crippen molar-refractivity contribution in [3.63, 3.8) is 0 Å². The smallest absolute Gasteiger partial charge is 0.407 e. The third-order valence-electron chi connectivity index (χ3n) is 14.1. The number of imidazole rings is 2. The lowest BCUT2D eigenvalue weighted by molar-refractivity contribution is -0.141. The Morgan fingerprint density at radius 1 is 0.726 bits per heavy atom. The summed E-state index contributed by atoms with van der Waals surface area (Å²) in [6.07, 6.45) is 7.70. The molecule has 4 N–H and O–H groups in total. The first-order valence-corrected chi connectivity index (χ1v) is 21.8. The second-order valence-corrected chi connectivity index (χ2v) is 18.5. The number of fused-ring (bicyclic) bond motifs is 5. The van der Waals surface area contributed by atoms with Crippen molar-refractivity contribution in [2.75, 3.05) is 27.3 Å². The molecule has 6 atom stereocenters. The van der Waals surface area contributed by atoms with Crippen LogP contribution in [0.15, 0.2) is 59.3 Å². The van der Waals surface area contributed by atoms with E-state index >= 15 is 0 Å². The Kier molecular flexibility index (Phi) is 10.4. The molecule has 326 valence electrons. The quantitative estimate of drug-likeness (QED) is 0.104. The topological polar surface area (TPSA) is 188 Å². The van der Waals surface area contributed by atoms with Crippen LogP contribution in [0.25, 0.3) is 44.6 Å². The fourth-order valence-corrected chi connectivity index (χ4v) is 10.9. The minimum atomic E-state index is -0.714. The van der Waals surface area contributed by atoms with Crippen LogP contribution in [0.2, 0.25) is 0 Å². The lowest BCUT2D eigenvalue weighted by Gasteiger charge is -2.40. The zero-order valence-corrected chi connectivity index (χ0v) is 36.5. The lowest BCUT2D eigenvalue weighted by atomic mass is 9.93. The number of piperidine rings is 2. The highest BCUT2D eigenvalue weighted by molar-refractivity contribution is 6.02. The number of aryl methyl sites for hydroxylation is 1. The molecule has 0 radical (unpaired) electrons. The van der Waals surface area contributed by atoms with Crippen molar-refractivity contribution >= 4 is 35.0 Å². The van der Waals surface area contributed by atoms with Crippen LogP contribution in [0.4, 0.5) is 9.59 Å². The maximum absolute atomic E-state index is 14.1. The van der Waals surface area contributed by atoms with Crippen molar-refractivity contribution in [1.82, 2.24) is 40.4 Å². The SMILES string of the molecule is COC(=O)N[C@H](C(=O)N1C[C@@H]2CC[C@@]1(c1ncc(-c3ccc(-c4ccc(-c5cnc([C@@]67CC[C@@H](CN6C(=O)[C@@H](NC(=O)OC)C(C)C)C7)[nH]5)c5oc(C)cc45)cc3)[nH]1)C2)C(C)C. The summed E-state index contributed by atoms with van der Waals surface area (Å²) in [5, 5.41) is 6.49. The first-order valence-electron chi connectivity index (χ1n) is 21.8. The van der Waals surface area contributed by atoms with Gasteiger partial charge in [0.25, 0.3) is 0 Å². The zero-order chi connectivity index (χ0) is 43.7. The second kappa shape index (κ2) is 15.7. The van der Waals surface area contributed by atoms with Gasteiger partial charge in [-0.25, -0.2) is 19.6 Å². The van der Waals surface area contributed by atoms with Gasteiger partial charge in [0.15, 0.2) is 0 Å². The largest absolute Gasteiger partial charge is 0.461 e. The summed E-state index contributed by atoms with van der Waals surface area (Å²) in [7, 11) is 2.61. The third kappa shape index (κ3) is 6.80. The summed E-state index contributed by atoms with van der Waals surface area (Å²) in [4.78, 5) is 73.3. The molecule has 2 aromatic carbocycles. The summed E-state index contributed by atoms with van der Waals surface area (Å²) in [6, 6.07) is 13.2. The van der Waals surface area contributed by atoms with Crippen molar-refractivity contribution < 1.29 is 33.1 Å². The molecule has 3 aromatic heterocycles. The van der Waals surface area contributed by atoms with E-state index in [4.69, 9.17) is 23.9 Å². The molecule has 15 nitrogen and oxygen atoms in total. The Labute approximate surface area is 360 Å². The number of hydrogen-bond acceptors (Lipinski definition) is 9. The highest BCUT2D eigenvalue weighted by Gasteiger charge is 2.58. The minimum Gasteiger partial charge on any atom is -0.461 e. The van der Waals surface area contributed by atoms with Crippen LogP contribution in [0.1, 0.15) is 83.6 Å². The number of ether oxygens (including phenoxy) is 2. The first-order chi connectivity index (χ1) is 29.7. The number of hydrogen-bond donors (Lipinski definition) is 4. The van der Waals surface area contributed by atoms with E-state index in [0.717, 1.165) is 101 Å². The van der Waals surface area contributed by atoms with Gasteiger partial charge in [0.2, 0.25) is 11.8 Å². The summed E-state index contributed by atoms with van der Waals surface area (Å²) >= 11 is 0. The van der Waals surface area contributed by atoms with Gasteiger partial charge < -0.3 is 44.3 Å². The molecule has 5 heterocycles. The first kappa shape index (κ1) is 41.2. The van der Waals surface area contributed by atoms with Crippen LogP contribution in [-0.4, -0.2) is 93.1 Å². The number of aromatic nitrogens is 4. The van der Waals surface area contributed by atoms with Gasteiger partial charge in [-0.1, -0.05) is 58.0 Å². The molecule has 4 aliphatic rings. The number of rotatable bonds is 11. The fraction of sp³-hybridized carbons (Fsp3) is 0.489. The number of nitrogens with one attached hydrogen (secondary N) is 4. The van der Waals surface area contributed by atoms with E-state index in [1.165, 1.54) is 14.2 Å². The van der Waals surface area contributed by atoms with E-state index in [1.54, 1.807) is 0 Å². The molecule has 0 spiro atoms. The number of likely N-dealkylation sites (tertiary alicyclic amines) is 2. The number of H-pyrrole nitrogens is 2. The molecular weight excluding hydrogens is 789 g/mol. The molecule has 2 aliphatic carbocycles. The highest BCUT2D eigenvalue weighted by Crippen LogP contribution is 2.54. The number of benzene rings is 2. The van der Waals surface area contributed by atoms with E-state index in [-0.39, 0.29) is 23.7 Å². The van der Waals surface area contributed by atoms with Crippen LogP contribution in [0, 0.1) is 30.6 Å². The number of aromatic amines is 2. The number of amides is 4. The maximum Gasteiger partial charge on any atom is 0.407 e. The monoisotopic (exact) mass is 844 g/mol. The molecule has 9 rings (SSSR count). The van der Waals surface area contributed by atoms with E-state index in [2.05, 4.69) is 63.1 Å². The number of nitrogens with zero attached hydrogens (tertiary/aromatic N) is 4. The molecule has 15 heteroatoms. The van der Waals surface area contributed by atoms with Crippen LogP contribution >= 0.6 is 0 Å². The van der Waals surface area contributed by atoms with E-state index < -0.39 is 35.3 Å². The number of carbonyl (C=O) groups excluding carboxylic acids is 4. The number of carbonyl (C=O) groups is 4. The van der Waals surface area contributed by atoms with Crippen LogP contribution < -0.4 is 10.6 Å². The predicted molar refractivity (Wildman–Crippen MR) is 231 cm³/mol. The number of methoxy groups -OCH3 is 2. The van der Waals surface area contributed by atoms with Gasteiger partial charge in [0.1, 0.15) is 46.2 Å². The summed E-state index contributed by atoms with van der Waals surface area (Å²) in [5.41, 5.74) is 5.15. The summed E-state index contributed by atoms with van der Waals surface area (Å²) in [6.45, 7) is 10.9. The molecule has 4 bridgehead atoms. The Morgan fingerprint density at radius 2 is 1.21 bits per heavy atom. The number of furan rings is 1. The normalized spacial score (nSPS) is 23.7. The van der Waals surface area contributed by atoms with E-state index in [1.807, 2.05) is 56.8 Å². The van der Waals surface area contributed by atoms with Crippen LogP contribution in [-0.2, 0) is 30.1 Å². The molecule has 62 heavy (non-hydrogen) atoms. The van der Waals surface area contributed by atoms with Crippen LogP contribution in [0.3, 0.4) is 0 Å². The standard InChI is InChI=1S/C47H56N8O7/c1-25(2)37(52-44(58)60-6)40(56)54-23-28-14-16-46(54,19-28)42-48-21-35(50-42)31-10-8-30(9-11-31)32-12-13-33(39-34(32)18-27(5)62-39)36-22-49-43(51-36)47-17-15-29(20-47)24-55(47)41(57)38(26(3)4)53-45(59)61-7/h8-13,18,21-22,25-26,28-29,37-38H,14-17,19-20,23-24H2,1-7H3,(H,48,50)(H,49,51)(H,52,58)(H,53,59)/t28-,29-,37+,38+,46+,47+/m1/s1. The molecule has 4 fully saturated rings. The average molecular weight is 845 g/mol. The Hall–Kier alpha value is -6.12. The fourth-order valence-electron chi connectivity index (χ4n) is 10.9. The Bertz CT molecular complexity index is 2540. The van der Waals surface area contributed by atoms with Crippen molar-refractivity contribution in [2.24, 2.45) is 23.7 Å². The van der Waals surface area contributed by atoms with Crippen LogP contribution in [0.5, 0.6) is 0 Å². The molecular formula is C47H56N8O7. The second-order valence-electron chi connectivity index (χ2n) is 18.5. The van der Waals surface area contributed by atoms with Gasteiger partial charge in [0.05, 0.1) is 38.0 Å². The van der Waals surface area contributed by atoms with Gasteiger partial charge in [-0.15, -0.1) is 0 Å². The van der Waals surface area contributed by atoms with Gasteiger partial charge in [-0.05, 0) is 97.9 Å². The van der Waals surface area contributed by atoms with Crippen molar-refractivity contribution in [2.45, 2.75) is 96.3 Å². The Balaban J connectivity index is 0.965. The predicted octanol–water partition coefficient (Wildman–Crippen LogP) is 7.62. The van der Waals surface area contributed by atoms with Gasteiger partial charge >= 0.3 is 12.2 Å². The molecule has 0 unspecified atom stereocenters. The van der Waals surface area contributed by atoms with Crippen molar-refractivity contribution in [3.05, 3.63) is 72.3 Å². The minimum absolute atomic E-state index is 0.111. The van der Waals surface area contributed by atoms with Crippen molar-refractivity contribution in [3.8, 4) is 33.6 Å². The summed E-state index contributed by atoms with van der Waals surface area (Å²) in [5.74, 6) is 2.57. The molecule has 5 aromatic rings. The van der Waals surface area contributed by atoms with Crippen molar-refractivity contribution in [1.29, 1.82) is 0 Å². The molecule has 4 amide bonds. The molecule has 2 saturated carbocycles. The highest BCUT2D eigenvalue weighted by atomic mass is 16.5. The van der Waals surface area contributed by atoms with Gasteiger partial charge in [-0.2, -0.15) is 0 Å². The van der Waals surface area contributed by atoms with E-state index in [9.17, 15) is 19.2 Å². The number of alkyl carbamates (subject to hydrolysis) is 2. The maximum atomic E-state index is 14.1. The van der Waals surface area contributed by atoms with Gasteiger partial charge in [0, 0.05) is 24.0 Å². The molecule has 2 saturated heterocycles. The van der Waals surface area contributed by atoms with E-state index in [0.29, 0.717) is 24.9 Å².